The summed E-state index contributed by atoms with van der Waals surface area (Å²) in [7, 11) is 0. The van der Waals surface area contributed by atoms with Gasteiger partial charge in [-0.2, -0.15) is 13.2 Å². The van der Waals surface area contributed by atoms with Crippen LogP contribution in [-0.4, -0.2) is 61.5 Å². The van der Waals surface area contributed by atoms with Crippen molar-refractivity contribution >= 4 is 6.03 Å². The molecule has 1 N–H and O–H groups in total. The Bertz CT molecular complexity index is 624. The van der Waals surface area contributed by atoms with Crippen molar-refractivity contribution in [3.05, 3.63) is 23.8 Å². The number of nitrogens with zero attached hydrogens (tertiary/aromatic N) is 2. The molecule has 1 fully saturated rings. The SMILES string of the molecule is O=C(NCc1ccc2c(c1)OCO2)N1CCCN(CC(F)(F)F)CC1. The highest BCUT2D eigenvalue weighted by molar-refractivity contribution is 5.74. The van der Waals surface area contributed by atoms with Crippen LogP contribution in [0.3, 0.4) is 0 Å². The van der Waals surface area contributed by atoms with E-state index < -0.39 is 12.7 Å². The number of urea groups is 1. The highest BCUT2D eigenvalue weighted by Crippen LogP contribution is 2.32. The molecule has 2 aliphatic rings. The van der Waals surface area contributed by atoms with E-state index in [2.05, 4.69) is 5.32 Å². The van der Waals surface area contributed by atoms with E-state index in [1.807, 2.05) is 6.07 Å². The molecule has 0 unspecified atom stereocenters. The number of ether oxygens (including phenoxy) is 2. The van der Waals surface area contributed by atoms with Crippen LogP contribution in [0.25, 0.3) is 0 Å². The van der Waals surface area contributed by atoms with E-state index in [9.17, 15) is 18.0 Å². The van der Waals surface area contributed by atoms with Crippen molar-refractivity contribution < 1.29 is 27.4 Å². The summed E-state index contributed by atoms with van der Waals surface area (Å²) in [6.07, 6.45) is -3.69. The summed E-state index contributed by atoms with van der Waals surface area (Å²) in [5.41, 5.74) is 0.867. The average molecular weight is 359 g/mol. The van der Waals surface area contributed by atoms with Crippen LogP contribution in [0.2, 0.25) is 0 Å². The fourth-order valence-corrected chi connectivity index (χ4v) is 2.93. The minimum absolute atomic E-state index is 0.188. The second-order valence-electron chi connectivity index (χ2n) is 6.08. The fourth-order valence-electron chi connectivity index (χ4n) is 2.93. The molecule has 2 amide bonds. The molecule has 1 saturated heterocycles. The van der Waals surface area contributed by atoms with Crippen molar-refractivity contribution in [1.82, 2.24) is 15.1 Å². The van der Waals surface area contributed by atoms with Crippen molar-refractivity contribution in [2.24, 2.45) is 0 Å². The van der Waals surface area contributed by atoms with Gasteiger partial charge in [-0.1, -0.05) is 6.07 Å². The van der Waals surface area contributed by atoms with Gasteiger partial charge in [0.2, 0.25) is 6.79 Å². The van der Waals surface area contributed by atoms with E-state index in [-0.39, 0.29) is 25.9 Å². The molecule has 0 spiro atoms. The minimum atomic E-state index is -4.21. The van der Waals surface area contributed by atoms with E-state index in [1.165, 1.54) is 4.90 Å². The molecule has 0 aromatic heterocycles. The van der Waals surface area contributed by atoms with Crippen molar-refractivity contribution in [2.45, 2.75) is 19.1 Å². The van der Waals surface area contributed by atoms with Crippen LogP contribution in [0.4, 0.5) is 18.0 Å². The van der Waals surface area contributed by atoms with Gasteiger partial charge >= 0.3 is 12.2 Å². The lowest BCUT2D eigenvalue weighted by atomic mass is 10.2. The molecular weight excluding hydrogens is 339 g/mol. The van der Waals surface area contributed by atoms with Crippen LogP contribution in [0.5, 0.6) is 11.5 Å². The molecule has 138 valence electrons. The maximum Gasteiger partial charge on any atom is 0.401 e. The Morgan fingerprint density at radius 3 is 2.72 bits per heavy atom. The zero-order valence-corrected chi connectivity index (χ0v) is 13.6. The summed E-state index contributed by atoms with van der Waals surface area (Å²) in [6.45, 7) is 0.859. The molecule has 2 heterocycles. The number of hydrogen-bond acceptors (Lipinski definition) is 4. The van der Waals surface area contributed by atoms with Gasteiger partial charge < -0.3 is 19.7 Å². The van der Waals surface area contributed by atoms with Gasteiger partial charge in [0.25, 0.3) is 0 Å². The van der Waals surface area contributed by atoms with Crippen molar-refractivity contribution in [2.75, 3.05) is 39.5 Å². The second kappa shape index (κ2) is 7.38. The lowest BCUT2D eigenvalue weighted by Gasteiger charge is -2.23. The number of benzene rings is 1. The van der Waals surface area contributed by atoms with Crippen molar-refractivity contribution in [3.8, 4) is 11.5 Å². The summed E-state index contributed by atoms with van der Waals surface area (Å²) in [4.78, 5) is 15.2. The predicted molar refractivity (Wildman–Crippen MR) is 83.5 cm³/mol. The molecule has 3 rings (SSSR count). The number of carbonyl (C=O) groups is 1. The third kappa shape index (κ3) is 4.91. The van der Waals surface area contributed by atoms with Gasteiger partial charge in [0.1, 0.15) is 0 Å². The standard InChI is InChI=1S/C16H20F3N3O3/c17-16(18,19)10-21-4-1-5-22(7-6-21)15(23)20-9-12-2-3-13-14(8-12)25-11-24-13/h2-3,8H,1,4-7,9-11H2,(H,20,23). The minimum Gasteiger partial charge on any atom is -0.454 e. The molecule has 6 nitrogen and oxygen atoms in total. The fraction of sp³-hybridized carbons (Fsp3) is 0.562. The number of alkyl halides is 3. The summed E-state index contributed by atoms with van der Waals surface area (Å²) in [5, 5.41) is 2.80. The van der Waals surface area contributed by atoms with Crippen LogP contribution >= 0.6 is 0 Å². The third-order valence-electron chi connectivity index (χ3n) is 4.16. The quantitative estimate of drug-likeness (QED) is 0.899. The summed E-state index contributed by atoms with van der Waals surface area (Å²) < 4.78 is 48.0. The number of carbonyl (C=O) groups excluding carboxylic acids is 1. The van der Waals surface area contributed by atoms with Crippen LogP contribution in [0.1, 0.15) is 12.0 Å². The summed E-state index contributed by atoms with van der Waals surface area (Å²) in [5.74, 6) is 1.32. The number of nitrogens with one attached hydrogen (secondary N) is 1. The first kappa shape index (κ1) is 17.7. The van der Waals surface area contributed by atoms with Gasteiger partial charge in [0.05, 0.1) is 6.54 Å². The molecule has 0 atom stereocenters. The first-order valence-electron chi connectivity index (χ1n) is 8.11. The van der Waals surface area contributed by atoms with Gasteiger partial charge in [-0.05, 0) is 24.1 Å². The Morgan fingerprint density at radius 2 is 1.92 bits per heavy atom. The first-order valence-corrected chi connectivity index (χ1v) is 8.11. The zero-order valence-electron chi connectivity index (χ0n) is 13.6. The summed E-state index contributed by atoms with van der Waals surface area (Å²) in [6, 6.07) is 5.15. The van der Waals surface area contributed by atoms with Crippen LogP contribution in [0.15, 0.2) is 18.2 Å². The third-order valence-corrected chi connectivity index (χ3v) is 4.16. The van der Waals surface area contributed by atoms with Crippen molar-refractivity contribution in [3.63, 3.8) is 0 Å². The molecule has 1 aromatic rings. The van der Waals surface area contributed by atoms with E-state index in [1.54, 1.807) is 17.0 Å². The predicted octanol–water partition coefficient (Wildman–Crippen LogP) is 2.19. The number of halogens is 3. The smallest absolute Gasteiger partial charge is 0.401 e. The average Bonchev–Trinajstić information content (AvgIpc) is 2.90. The normalized spacial score (nSPS) is 18.1. The molecule has 0 aliphatic carbocycles. The van der Waals surface area contributed by atoms with Gasteiger partial charge in [0, 0.05) is 32.7 Å². The van der Waals surface area contributed by atoms with Crippen LogP contribution < -0.4 is 14.8 Å². The molecular formula is C16H20F3N3O3. The Morgan fingerprint density at radius 1 is 1.12 bits per heavy atom. The van der Waals surface area contributed by atoms with Gasteiger partial charge in [-0.3, -0.25) is 4.90 Å². The monoisotopic (exact) mass is 359 g/mol. The van der Waals surface area contributed by atoms with Gasteiger partial charge in [0.15, 0.2) is 11.5 Å². The maximum atomic E-state index is 12.5. The van der Waals surface area contributed by atoms with E-state index in [0.29, 0.717) is 37.6 Å². The van der Waals surface area contributed by atoms with Gasteiger partial charge in [-0.15, -0.1) is 0 Å². The highest BCUT2D eigenvalue weighted by atomic mass is 19.4. The lowest BCUT2D eigenvalue weighted by Crippen LogP contribution is -2.42. The van der Waals surface area contributed by atoms with Crippen LogP contribution in [0, 0.1) is 0 Å². The Labute approximate surface area is 143 Å². The highest BCUT2D eigenvalue weighted by Gasteiger charge is 2.31. The molecule has 0 bridgehead atoms. The molecule has 0 saturated carbocycles. The lowest BCUT2D eigenvalue weighted by molar-refractivity contribution is -0.145. The molecule has 9 heteroatoms. The molecule has 1 aromatic carbocycles. The Kier molecular flexibility index (Phi) is 5.22. The zero-order chi connectivity index (χ0) is 17.9. The number of hydrogen-bond donors (Lipinski definition) is 1. The number of rotatable bonds is 3. The topological polar surface area (TPSA) is 54.0 Å². The molecule has 0 radical (unpaired) electrons. The first-order chi connectivity index (χ1) is 11.9. The van der Waals surface area contributed by atoms with E-state index in [0.717, 1.165) is 5.56 Å². The van der Waals surface area contributed by atoms with E-state index >= 15 is 0 Å². The van der Waals surface area contributed by atoms with Crippen molar-refractivity contribution in [1.29, 1.82) is 0 Å². The molecule has 25 heavy (non-hydrogen) atoms. The van der Waals surface area contributed by atoms with E-state index in [4.69, 9.17) is 9.47 Å². The van der Waals surface area contributed by atoms with Crippen LogP contribution in [-0.2, 0) is 6.54 Å². The maximum absolute atomic E-state index is 12.5. The largest absolute Gasteiger partial charge is 0.454 e. The Balaban J connectivity index is 1.48. The Hall–Kier alpha value is -2.16. The molecule has 2 aliphatic heterocycles. The summed E-state index contributed by atoms with van der Waals surface area (Å²) >= 11 is 0. The number of fused-ring (bicyclic) bond motifs is 1. The number of amides is 2. The van der Waals surface area contributed by atoms with Gasteiger partial charge in [-0.25, -0.2) is 4.79 Å². The second-order valence-corrected chi connectivity index (χ2v) is 6.08.